The normalized spacial score (nSPS) is 12.0. The molecule has 0 aliphatic rings. The van der Waals surface area contributed by atoms with E-state index < -0.39 is 26.7 Å². The van der Waals surface area contributed by atoms with Gasteiger partial charge in [0.1, 0.15) is 0 Å². The molecule has 2 aromatic carbocycles. The van der Waals surface area contributed by atoms with E-state index in [1.165, 1.54) is 6.07 Å². The van der Waals surface area contributed by atoms with Crippen LogP contribution in [0.1, 0.15) is 11.1 Å². The van der Waals surface area contributed by atoms with Crippen LogP contribution in [0, 0.1) is 10.1 Å². The van der Waals surface area contributed by atoms with Crippen LogP contribution in [-0.2, 0) is 22.7 Å². The topological polar surface area (TPSA) is 115 Å². The quantitative estimate of drug-likeness (QED) is 0.616. The SMILES string of the molecule is NCc1cc(NS(=O)(=O)c2ccc([N+](=O)[O-])cc2)cc(C(F)(F)F)c1. The first-order valence-electron chi connectivity index (χ1n) is 6.71. The lowest BCUT2D eigenvalue weighted by Gasteiger charge is -2.13. The summed E-state index contributed by atoms with van der Waals surface area (Å²) in [5, 5.41) is 10.6. The summed E-state index contributed by atoms with van der Waals surface area (Å²) in [5.74, 6) is 0. The summed E-state index contributed by atoms with van der Waals surface area (Å²) in [6, 6.07) is 6.57. The largest absolute Gasteiger partial charge is 0.416 e. The molecule has 25 heavy (non-hydrogen) atoms. The second kappa shape index (κ2) is 6.69. The molecular weight excluding hydrogens is 363 g/mol. The average Bonchev–Trinajstić information content (AvgIpc) is 2.53. The molecule has 134 valence electrons. The van der Waals surface area contributed by atoms with Crippen molar-refractivity contribution in [1.29, 1.82) is 0 Å². The Hall–Kier alpha value is -2.66. The number of nitro benzene ring substituents is 1. The lowest BCUT2D eigenvalue weighted by Crippen LogP contribution is -2.15. The van der Waals surface area contributed by atoms with Gasteiger partial charge in [-0.2, -0.15) is 13.2 Å². The Balaban J connectivity index is 2.38. The molecule has 0 aliphatic carbocycles. The lowest BCUT2D eigenvalue weighted by atomic mass is 10.1. The van der Waals surface area contributed by atoms with Gasteiger partial charge >= 0.3 is 6.18 Å². The predicted octanol–water partition coefficient (Wildman–Crippen LogP) is 2.87. The van der Waals surface area contributed by atoms with Crippen molar-refractivity contribution >= 4 is 21.4 Å². The summed E-state index contributed by atoms with van der Waals surface area (Å²) in [6.07, 6.45) is -4.67. The van der Waals surface area contributed by atoms with Crippen LogP contribution in [-0.4, -0.2) is 13.3 Å². The molecule has 0 amide bonds. The number of hydrogen-bond donors (Lipinski definition) is 2. The van der Waals surface area contributed by atoms with E-state index in [1.807, 2.05) is 4.72 Å². The van der Waals surface area contributed by atoms with Crippen molar-refractivity contribution in [1.82, 2.24) is 0 Å². The smallest absolute Gasteiger partial charge is 0.326 e. The van der Waals surface area contributed by atoms with Gasteiger partial charge in [0.2, 0.25) is 0 Å². The Morgan fingerprint density at radius 1 is 1.12 bits per heavy atom. The van der Waals surface area contributed by atoms with Gasteiger partial charge in [0.15, 0.2) is 0 Å². The van der Waals surface area contributed by atoms with Crippen molar-refractivity contribution < 1.29 is 26.5 Å². The molecule has 0 radical (unpaired) electrons. The van der Waals surface area contributed by atoms with Crippen LogP contribution >= 0.6 is 0 Å². The number of nitro groups is 1. The van der Waals surface area contributed by atoms with Crippen molar-refractivity contribution in [3.05, 3.63) is 63.7 Å². The van der Waals surface area contributed by atoms with E-state index in [-0.39, 0.29) is 28.4 Å². The predicted molar refractivity (Wildman–Crippen MR) is 83.2 cm³/mol. The van der Waals surface area contributed by atoms with Gasteiger partial charge in [-0.3, -0.25) is 14.8 Å². The van der Waals surface area contributed by atoms with Gasteiger partial charge in [0, 0.05) is 24.4 Å². The van der Waals surface area contributed by atoms with Gasteiger partial charge in [0.25, 0.3) is 15.7 Å². The van der Waals surface area contributed by atoms with E-state index in [1.54, 1.807) is 0 Å². The Labute approximate surface area is 140 Å². The van der Waals surface area contributed by atoms with Crippen molar-refractivity contribution in [2.75, 3.05) is 4.72 Å². The molecule has 0 atom stereocenters. The number of alkyl halides is 3. The number of nitrogens with two attached hydrogens (primary N) is 1. The van der Waals surface area contributed by atoms with E-state index in [0.29, 0.717) is 6.07 Å². The summed E-state index contributed by atoms with van der Waals surface area (Å²) >= 11 is 0. The zero-order valence-corrected chi connectivity index (χ0v) is 13.3. The highest BCUT2D eigenvalue weighted by molar-refractivity contribution is 7.92. The number of rotatable bonds is 5. The zero-order chi connectivity index (χ0) is 18.8. The molecule has 3 N–H and O–H groups in total. The van der Waals surface area contributed by atoms with Crippen molar-refractivity contribution in [2.45, 2.75) is 17.6 Å². The van der Waals surface area contributed by atoms with Gasteiger partial charge in [-0.25, -0.2) is 8.42 Å². The Morgan fingerprint density at radius 3 is 2.20 bits per heavy atom. The maximum atomic E-state index is 12.9. The molecule has 0 unspecified atom stereocenters. The number of anilines is 1. The summed E-state index contributed by atoms with van der Waals surface area (Å²) in [7, 11) is -4.22. The zero-order valence-electron chi connectivity index (χ0n) is 12.4. The summed E-state index contributed by atoms with van der Waals surface area (Å²) in [6.45, 7) is -0.212. The van der Waals surface area contributed by atoms with E-state index in [9.17, 15) is 31.7 Å². The maximum absolute atomic E-state index is 12.9. The molecule has 0 aromatic heterocycles. The van der Waals surface area contributed by atoms with E-state index >= 15 is 0 Å². The second-order valence-electron chi connectivity index (χ2n) is 4.98. The van der Waals surface area contributed by atoms with Crippen LogP contribution in [0.4, 0.5) is 24.5 Å². The van der Waals surface area contributed by atoms with Gasteiger partial charge in [-0.05, 0) is 35.9 Å². The molecular formula is C14H12F3N3O4S. The molecule has 0 aliphatic heterocycles. The van der Waals surface area contributed by atoms with E-state index in [0.717, 1.165) is 30.3 Å². The number of sulfonamides is 1. The van der Waals surface area contributed by atoms with Crippen LogP contribution in [0.2, 0.25) is 0 Å². The van der Waals surface area contributed by atoms with Crippen molar-refractivity contribution in [2.24, 2.45) is 5.73 Å². The molecule has 0 saturated heterocycles. The third-order valence-corrected chi connectivity index (χ3v) is 4.56. The molecule has 0 fully saturated rings. The minimum Gasteiger partial charge on any atom is -0.326 e. The first kappa shape index (κ1) is 18.7. The second-order valence-corrected chi connectivity index (χ2v) is 6.66. The fourth-order valence-electron chi connectivity index (χ4n) is 1.99. The minimum absolute atomic E-state index is 0.0937. The van der Waals surface area contributed by atoms with Gasteiger partial charge in [0.05, 0.1) is 15.4 Å². The van der Waals surface area contributed by atoms with Crippen LogP contribution < -0.4 is 10.5 Å². The number of nitrogens with one attached hydrogen (secondary N) is 1. The third kappa shape index (κ3) is 4.45. The molecule has 0 saturated carbocycles. The highest BCUT2D eigenvalue weighted by Crippen LogP contribution is 2.32. The van der Waals surface area contributed by atoms with Crippen LogP contribution in [0.25, 0.3) is 0 Å². The Kier molecular flexibility index (Phi) is 4.99. The van der Waals surface area contributed by atoms with Crippen LogP contribution in [0.3, 0.4) is 0 Å². The van der Waals surface area contributed by atoms with Crippen LogP contribution in [0.5, 0.6) is 0 Å². The molecule has 0 spiro atoms. The summed E-state index contributed by atoms with van der Waals surface area (Å²) in [4.78, 5) is 9.54. The molecule has 2 rings (SSSR count). The van der Waals surface area contributed by atoms with E-state index in [4.69, 9.17) is 5.73 Å². The van der Waals surface area contributed by atoms with Crippen molar-refractivity contribution in [3.8, 4) is 0 Å². The highest BCUT2D eigenvalue weighted by Gasteiger charge is 2.31. The number of halogens is 3. The average molecular weight is 375 g/mol. The van der Waals surface area contributed by atoms with Gasteiger partial charge in [-0.15, -0.1) is 0 Å². The minimum atomic E-state index is -4.67. The van der Waals surface area contributed by atoms with Gasteiger partial charge in [-0.1, -0.05) is 0 Å². The summed E-state index contributed by atoms with van der Waals surface area (Å²) in [5.41, 5.74) is 3.76. The Morgan fingerprint density at radius 2 is 1.72 bits per heavy atom. The lowest BCUT2D eigenvalue weighted by molar-refractivity contribution is -0.384. The van der Waals surface area contributed by atoms with E-state index in [2.05, 4.69) is 0 Å². The van der Waals surface area contributed by atoms with Crippen LogP contribution in [0.15, 0.2) is 47.4 Å². The molecule has 2 aromatic rings. The van der Waals surface area contributed by atoms with Gasteiger partial charge < -0.3 is 5.73 Å². The molecule has 11 heteroatoms. The number of hydrogen-bond acceptors (Lipinski definition) is 5. The highest BCUT2D eigenvalue weighted by atomic mass is 32.2. The number of non-ortho nitro benzene ring substituents is 1. The standard InChI is InChI=1S/C14H12F3N3O4S/c15-14(16,17)10-5-9(8-18)6-11(7-10)19-25(23,24)13-3-1-12(2-4-13)20(21)22/h1-7,19H,8,18H2. The number of benzene rings is 2. The van der Waals surface area contributed by atoms with Crippen molar-refractivity contribution in [3.63, 3.8) is 0 Å². The maximum Gasteiger partial charge on any atom is 0.416 e. The fraction of sp³-hybridized carbons (Fsp3) is 0.143. The summed E-state index contributed by atoms with van der Waals surface area (Å²) < 4.78 is 65.2. The first-order valence-corrected chi connectivity index (χ1v) is 8.20. The fourth-order valence-corrected chi connectivity index (χ4v) is 3.03. The number of nitrogens with zero attached hydrogens (tertiary/aromatic N) is 1. The molecule has 0 bridgehead atoms. The Bertz CT molecular complexity index is 897. The molecule has 0 heterocycles. The monoisotopic (exact) mass is 375 g/mol. The molecule has 7 nitrogen and oxygen atoms in total. The third-order valence-electron chi connectivity index (χ3n) is 3.17. The first-order chi connectivity index (χ1) is 11.5.